The third kappa shape index (κ3) is 3.41. The van der Waals surface area contributed by atoms with Crippen LogP contribution in [0, 0.1) is 0 Å². The van der Waals surface area contributed by atoms with Crippen LogP contribution in [0.15, 0.2) is 47.4 Å². The van der Waals surface area contributed by atoms with Crippen LogP contribution in [0.4, 0.5) is 5.69 Å². The Morgan fingerprint density at radius 1 is 1.20 bits per heavy atom. The molecule has 20 heavy (non-hydrogen) atoms. The summed E-state index contributed by atoms with van der Waals surface area (Å²) in [5.41, 5.74) is 2.08. The third-order valence-electron chi connectivity index (χ3n) is 3.16. The molecule has 0 spiro atoms. The van der Waals surface area contributed by atoms with Gasteiger partial charge in [-0.3, -0.25) is 4.79 Å². The minimum absolute atomic E-state index is 0.00993. The summed E-state index contributed by atoms with van der Waals surface area (Å²) in [6, 6.07) is 11.5. The molecule has 4 heteroatoms. The van der Waals surface area contributed by atoms with Crippen molar-refractivity contribution >= 4 is 5.69 Å². The maximum atomic E-state index is 11.3. The number of nitrogens with zero attached hydrogens (tertiary/aromatic N) is 1. The first-order valence-electron chi connectivity index (χ1n) is 6.76. The van der Waals surface area contributed by atoms with Crippen LogP contribution in [0.1, 0.15) is 25.5 Å². The average Bonchev–Trinajstić information content (AvgIpc) is 2.44. The van der Waals surface area contributed by atoms with Crippen LogP contribution < -0.4 is 15.6 Å². The number of nitrogens with one attached hydrogen (secondary N) is 1. The summed E-state index contributed by atoms with van der Waals surface area (Å²) in [4.78, 5) is 11.3. The lowest BCUT2D eigenvalue weighted by molar-refractivity contribution is 0.340. The Kier molecular flexibility index (Phi) is 4.45. The smallest absolute Gasteiger partial charge is 0.250 e. The van der Waals surface area contributed by atoms with E-state index >= 15 is 0 Å². The second-order valence-electron chi connectivity index (χ2n) is 4.73. The zero-order chi connectivity index (χ0) is 14.5. The van der Waals surface area contributed by atoms with Crippen molar-refractivity contribution in [3.05, 3.63) is 58.5 Å². The molecule has 1 N–H and O–H groups in total. The van der Waals surface area contributed by atoms with Crippen molar-refractivity contribution < 1.29 is 4.74 Å². The molecule has 106 valence electrons. The molecule has 0 aliphatic heterocycles. The number of pyridine rings is 1. The van der Waals surface area contributed by atoms with Crippen molar-refractivity contribution in [3.8, 4) is 5.75 Å². The van der Waals surface area contributed by atoms with E-state index in [1.54, 1.807) is 29.9 Å². The van der Waals surface area contributed by atoms with Crippen LogP contribution >= 0.6 is 0 Å². The van der Waals surface area contributed by atoms with Gasteiger partial charge in [0.25, 0.3) is 0 Å². The number of aromatic nitrogens is 1. The zero-order valence-corrected chi connectivity index (χ0v) is 12.1. The Balaban J connectivity index is 2.08. The maximum Gasteiger partial charge on any atom is 0.250 e. The topological polar surface area (TPSA) is 43.3 Å². The molecule has 4 nitrogen and oxygen atoms in total. The number of ether oxygens (including phenoxy) is 1. The number of benzene rings is 1. The Morgan fingerprint density at radius 3 is 2.50 bits per heavy atom. The summed E-state index contributed by atoms with van der Waals surface area (Å²) >= 11 is 0. The van der Waals surface area contributed by atoms with E-state index < -0.39 is 0 Å². The van der Waals surface area contributed by atoms with E-state index in [4.69, 9.17) is 4.74 Å². The van der Waals surface area contributed by atoms with Crippen LogP contribution in [-0.4, -0.2) is 11.2 Å². The summed E-state index contributed by atoms with van der Waals surface area (Å²) in [6.45, 7) is 4.73. The Labute approximate surface area is 119 Å². The predicted octanol–water partition coefficient (Wildman–Crippen LogP) is 2.96. The molecule has 1 aromatic carbocycles. The van der Waals surface area contributed by atoms with Crippen molar-refractivity contribution in [2.75, 3.05) is 11.9 Å². The fourth-order valence-electron chi connectivity index (χ4n) is 2.03. The first-order valence-corrected chi connectivity index (χ1v) is 6.76. The van der Waals surface area contributed by atoms with E-state index in [-0.39, 0.29) is 11.6 Å². The fourth-order valence-corrected chi connectivity index (χ4v) is 2.03. The SMILES string of the molecule is CCOc1ccc(C(C)Nc2ccc(=O)n(C)c2)cc1. The lowest BCUT2D eigenvalue weighted by atomic mass is 10.1. The molecule has 0 bridgehead atoms. The van der Waals surface area contributed by atoms with Crippen molar-refractivity contribution in [1.82, 2.24) is 4.57 Å². The number of aryl methyl sites for hydroxylation is 1. The summed E-state index contributed by atoms with van der Waals surface area (Å²) in [6.07, 6.45) is 1.80. The summed E-state index contributed by atoms with van der Waals surface area (Å²) in [5, 5.41) is 3.38. The second kappa shape index (κ2) is 6.28. The van der Waals surface area contributed by atoms with Crippen LogP contribution in [0.3, 0.4) is 0 Å². The molecule has 0 amide bonds. The molecule has 0 aliphatic rings. The van der Waals surface area contributed by atoms with Crippen molar-refractivity contribution in [2.45, 2.75) is 19.9 Å². The van der Waals surface area contributed by atoms with Gasteiger partial charge in [0.05, 0.1) is 12.3 Å². The average molecular weight is 272 g/mol. The Morgan fingerprint density at radius 2 is 1.90 bits per heavy atom. The standard InChI is InChI=1S/C16H20N2O2/c1-4-20-15-8-5-13(6-9-15)12(2)17-14-7-10-16(19)18(3)11-14/h5-12,17H,4H2,1-3H3. The molecular formula is C16H20N2O2. The predicted molar refractivity (Wildman–Crippen MR) is 81.3 cm³/mol. The van der Waals surface area contributed by atoms with Gasteiger partial charge >= 0.3 is 0 Å². The molecule has 1 heterocycles. The van der Waals surface area contributed by atoms with Crippen molar-refractivity contribution in [2.24, 2.45) is 7.05 Å². The van der Waals surface area contributed by atoms with Gasteiger partial charge in [0.15, 0.2) is 0 Å². The van der Waals surface area contributed by atoms with Crippen molar-refractivity contribution in [3.63, 3.8) is 0 Å². The highest BCUT2D eigenvalue weighted by Gasteiger charge is 2.06. The van der Waals surface area contributed by atoms with E-state index in [9.17, 15) is 4.79 Å². The fraction of sp³-hybridized carbons (Fsp3) is 0.312. The van der Waals surface area contributed by atoms with Gasteiger partial charge in [0.1, 0.15) is 5.75 Å². The van der Waals surface area contributed by atoms with Crippen LogP contribution in [-0.2, 0) is 7.05 Å². The summed E-state index contributed by atoms with van der Waals surface area (Å²) in [7, 11) is 1.75. The van der Waals surface area contributed by atoms with E-state index in [0.717, 1.165) is 11.4 Å². The summed E-state index contributed by atoms with van der Waals surface area (Å²) < 4.78 is 6.99. The van der Waals surface area contributed by atoms with Gasteiger partial charge < -0.3 is 14.6 Å². The number of hydrogen-bond acceptors (Lipinski definition) is 3. The lowest BCUT2D eigenvalue weighted by Gasteiger charge is -2.16. The normalized spacial score (nSPS) is 11.9. The van der Waals surface area contributed by atoms with Crippen molar-refractivity contribution in [1.29, 1.82) is 0 Å². The molecule has 0 radical (unpaired) electrons. The van der Waals surface area contributed by atoms with Gasteiger partial charge in [-0.1, -0.05) is 12.1 Å². The van der Waals surface area contributed by atoms with Gasteiger partial charge in [-0.2, -0.15) is 0 Å². The molecule has 0 saturated heterocycles. The summed E-state index contributed by atoms with van der Waals surface area (Å²) in [5.74, 6) is 0.880. The van der Waals surface area contributed by atoms with Crippen LogP contribution in [0.25, 0.3) is 0 Å². The van der Waals surface area contributed by atoms with Gasteiger partial charge in [-0.15, -0.1) is 0 Å². The molecule has 1 aromatic heterocycles. The Bertz CT molecular complexity index is 617. The number of hydrogen-bond donors (Lipinski definition) is 1. The first kappa shape index (κ1) is 14.2. The van der Waals surface area contributed by atoms with Gasteiger partial charge in [-0.05, 0) is 37.6 Å². The second-order valence-corrected chi connectivity index (χ2v) is 4.73. The molecule has 0 fully saturated rings. The zero-order valence-electron chi connectivity index (χ0n) is 12.1. The van der Waals surface area contributed by atoms with E-state index in [2.05, 4.69) is 12.2 Å². The van der Waals surface area contributed by atoms with E-state index in [1.165, 1.54) is 5.56 Å². The Hall–Kier alpha value is -2.23. The molecule has 2 rings (SSSR count). The highest BCUT2D eigenvalue weighted by Crippen LogP contribution is 2.21. The lowest BCUT2D eigenvalue weighted by Crippen LogP contribution is -2.16. The minimum atomic E-state index is -0.00993. The molecule has 2 aromatic rings. The van der Waals surface area contributed by atoms with E-state index in [1.807, 2.05) is 31.2 Å². The first-order chi connectivity index (χ1) is 9.60. The highest BCUT2D eigenvalue weighted by atomic mass is 16.5. The molecule has 1 atom stereocenters. The van der Waals surface area contributed by atoms with Gasteiger partial charge in [-0.25, -0.2) is 0 Å². The third-order valence-corrected chi connectivity index (χ3v) is 3.16. The molecule has 0 aliphatic carbocycles. The maximum absolute atomic E-state index is 11.3. The minimum Gasteiger partial charge on any atom is -0.494 e. The van der Waals surface area contributed by atoms with Crippen LogP contribution in [0.2, 0.25) is 0 Å². The molecule has 1 unspecified atom stereocenters. The number of anilines is 1. The molecule has 0 saturated carbocycles. The molecular weight excluding hydrogens is 252 g/mol. The van der Waals surface area contributed by atoms with Crippen LogP contribution in [0.5, 0.6) is 5.75 Å². The van der Waals surface area contributed by atoms with E-state index in [0.29, 0.717) is 6.61 Å². The monoisotopic (exact) mass is 272 g/mol. The number of rotatable bonds is 5. The highest BCUT2D eigenvalue weighted by molar-refractivity contribution is 5.43. The van der Waals surface area contributed by atoms with Gasteiger partial charge in [0, 0.05) is 25.4 Å². The van der Waals surface area contributed by atoms with Gasteiger partial charge in [0.2, 0.25) is 5.56 Å². The largest absolute Gasteiger partial charge is 0.494 e. The quantitative estimate of drug-likeness (QED) is 0.910.